The topological polar surface area (TPSA) is 38.9 Å². The van der Waals surface area contributed by atoms with Gasteiger partial charge >= 0.3 is 0 Å². The smallest absolute Gasteiger partial charge is 0.0705 e. The number of halogens is 1. The zero-order valence-corrected chi connectivity index (χ0v) is 13.1. The summed E-state index contributed by atoms with van der Waals surface area (Å²) < 4.78 is 1.22. The van der Waals surface area contributed by atoms with E-state index in [1.165, 1.54) is 8.96 Å². The molecule has 0 fully saturated rings. The largest absolute Gasteiger partial charge is 0.324 e. The molecule has 3 heteroatoms. The number of nitrogens with zero attached hydrogens (tertiary/aromatic N) is 1. The first-order chi connectivity index (χ1) is 9.72. The molecule has 1 heterocycles. The van der Waals surface area contributed by atoms with E-state index >= 15 is 0 Å². The van der Waals surface area contributed by atoms with Crippen LogP contribution in [0.1, 0.15) is 17.3 Å². The molecule has 2 N–H and O–H groups in total. The minimum absolute atomic E-state index is 0.0133. The van der Waals surface area contributed by atoms with Crippen molar-refractivity contribution >= 4 is 33.5 Å². The highest BCUT2D eigenvalue weighted by Gasteiger charge is 2.08. The Morgan fingerprint density at radius 2 is 1.70 bits per heavy atom. The van der Waals surface area contributed by atoms with Crippen molar-refractivity contribution in [1.29, 1.82) is 0 Å². The predicted octanol–water partition coefficient (Wildman–Crippen LogP) is 4.08. The molecule has 0 spiro atoms. The van der Waals surface area contributed by atoms with Crippen molar-refractivity contribution in [2.24, 2.45) is 5.73 Å². The average molecular weight is 374 g/mol. The van der Waals surface area contributed by atoms with E-state index in [0.29, 0.717) is 0 Å². The van der Waals surface area contributed by atoms with Crippen molar-refractivity contribution in [2.75, 3.05) is 0 Å². The zero-order chi connectivity index (χ0) is 13.9. The van der Waals surface area contributed by atoms with E-state index < -0.39 is 0 Å². The molecule has 0 saturated carbocycles. The number of para-hydroxylation sites is 1. The summed E-state index contributed by atoms with van der Waals surface area (Å²) in [5.74, 6) is 0. The van der Waals surface area contributed by atoms with Crippen LogP contribution in [0.3, 0.4) is 0 Å². The Kier molecular flexibility index (Phi) is 3.98. The molecule has 100 valence electrons. The number of hydrogen-bond donors (Lipinski definition) is 1. The Hall–Kier alpha value is -1.46. The molecule has 2 nitrogen and oxygen atoms in total. The Labute approximate surface area is 132 Å². The molecule has 0 saturated heterocycles. The van der Waals surface area contributed by atoms with E-state index in [4.69, 9.17) is 5.73 Å². The summed E-state index contributed by atoms with van der Waals surface area (Å²) >= 11 is 2.30. The highest BCUT2D eigenvalue weighted by Crippen LogP contribution is 2.18. The second-order valence-corrected chi connectivity index (χ2v) is 6.10. The first kappa shape index (κ1) is 13.5. The molecule has 3 aromatic rings. The molecule has 3 rings (SSSR count). The highest BCUT2D eigenvalue weighted by atomic mass is 127. The Bertz CT molecular complexity index is 722. The third-order valence-corrected chi connectivity index (χ3v) is 4.10. The molecule has 1 atom stereocenters. The number of pyridine rings is 1. The minimum atomic E-state index is -0.0133. The lowest BCUT2D eigenvalue weighted by atomic mass is 10.0. The molecule has 0 radical (unpaired) electrons. The van der Waals surface area contributed by atoms with E-state index in [1.807, 2.05) is 18.2 Å². The van der Waals surface area contributed by atoms with Gasteiger partial charge in [0.05, 0.1) is 5.52 Å². The third kappa shape index (κ3) is 2.99. The van der Waals surface area contributed by atoms with Gasteiger partial charge in [0.25, 0.3) is 0 Å². The monoisotopic (exact) mass is 374 g/mol. The lowest BCUT2D eigenvalue weighted by molar-refractivity contribution is 0.709. The van der Waals surface area contributed by atoms with Gasteiger partial charge in [-0.25, -0.2) is 0 Å². The highest BCUT2D eigenvalue weighted by molar-refractivity contribution is 14.1. The van der Waals surface area contributed by atoms with Gasteiger partial charge in [0.1, 0.15) is 0 Å². The van der Waals surface area contributed by atoms with Crippen LogP contribution in [0.5, 0.6) is 0 Å². The van der Waals surface area contributed by atoms with Crippen LogP contribution in [0.4, 0.5) is 0 Å². The summed E-state index contributed by atoms with van der Waals surface area (Å²) in [5.41, 5.74) is 9.50. The molecule has 0 aliphatic rings. The second-order valence-electron chi connectivity index (χ2n) is 4.86. The molecule has 0 amide bonds. The lowest BCUT2D eigenvalue weighted by Gasteiger charge is -2.12. The number of nitrogens with two attached hydrogens (primary N) is 1. The van der Waals surface area contributed by atoms with Gasteiger partial charge in [0, 0.05) is 27.1 Å². The quantitative estimate of drug-likeness (QED) is 0.702. The van der Waals surface area contributed by atoms with E-state index in [1.54, 1.807) is 0 Å². The maximum absolute atomic E-state index is 6.28. The standard InChI is InChI=1S/C17H15IN2/c18-14-8-5-12(6-9-14)16(19)11-15-10-7-13-3-1-2-4-17(13)20-15/h1-10,16H,11,19H2. The predicted molar refractivity (Wildman–Crippen MR) is 91.5 cm³/mol. The molecule has 0 aliphatic heterocycles. The van der Waals surface area contributed by atoms with Gasteiger partial charge in [-0.2, -0.15) is 0 Å². The van der Waals surface area contributed by atoms with Gasteiger partial charge < -0.3 is 5.73 Å². The molecular formula is C17H15IN2. The molecular weight excluding hydrogens is 359 g/mol. The molecule has 0 aliphatic carbocycles. The van der Waals surface area contributed by atoms with Crippen molar-refractivity contribution in [3.05, 3.63) is 75.5 Å². The number of rotatable bonds is 3. The fraction of sp³-hybridized carbons (Fsp3) is 0.118. The SMILES string of the molecule is NC(Cc1ccc2ccccc2n1)c1ccc(I)cc1. The average Bonchev–Trinajstić information content (AvgIpc) is 2.48. The van der Waals surface area contributed by atoms with Gasteiger partial charge in [-0.15, -0.1) is 0 Å². The Morgan fingerprint density at radius 3 is 2.50 bits per heavy atom. The summed E-state index contributed by atoms with van der Waals surface area (Å²) in [6.45, 7) is 0. The zero-order valence-electron chi connectivity index (χ0n) is 11.0. The van der Waals surface area contributed by atoms with E-state index in [-0.39, 0.29) is 6.04 Å². The summed E-state index contributed by atoms with van der Waals surface area (Å²) in [5, 5.41) is 1.17. The number of hydrogen-bond acceptors (Lipinski definition) is 2. The lowest BCUT2D eigenvalue weighted by Crippen LogP contribution is -2.14. The van der Waals surface area contributed by atoms with Crippen molar-refractivity contribution in [1.82, 2.24) is 4.98 Å². The Balaban J connectivity index is 1.83. The molecule has 2 aromatic carbocycles. The first-order valence-corrected chi connectivity index (χ1v) is 7.66. The van der Waals surface area contributed by atoms with Crippen LogP contribution in [-0.2, 0) is 6.42 Å². The first-order valence-electron chi connectivity index (χ1n) is 6.58. The molecule has 20 heavy (non-hydrogen) atoms. The van der Waals surface area contributed by atoms with Crippen LogP contribution in [0.2, 0.25) is 0 Å². The summed E-state index contributed by atoms with van der Waals surface area (Å²) in [6, 6.07) is 20.7. The number of benzene rings is 2. The fourth-order valence-electron chi connectivity index (χ4n) is 2.28. The summed E-state index contributed by atoms with van der Waals surface area (Å²) in [7, 11) is 0. The van der Waals surface area contributed by atoms with Crippen molar-refractivity contribution in [3.8, 4) is 0 Å². The van der Waals surface area contributed by atoms with Gasteiger partial charge in [-0.1, -0.05) is 36.4 Å². The minimum Gasteiger partial charge on any atom is -0.324 e. The van der Waals surface area contributed by atoms with Crippen LogP contribution in [0.15, 0.2) is 60.7 Å². The van der Waals surface area contributed by atoms with Crippen LogP contribution in [0.25, 0.3) is 10.9 Å². The van der Waals surface area contributed by atoms with Gasteiger partial charge in [0.15, 0.2) is 0 Å². The maximum atomic E-state index is 6.28. The normalized spacial score (nSPS) is 12.5. The Morgan fingerprint density at radius 1 is 0.950 bits per heavy atom. The molecule has 1 aromatic heterocycles. The number of fused-ring (bicyclic) bond motifs is 1. The van der Waals surface area contributed by atoms with Crippen LogP contribution < -0.4 is 5.73 Å². The van der Waals surface area contributed by atoms with Gasteiger partial charge in [0.2, 0.25) is 0 Å². The fourth-order valence-corrected chi connectivity index (χ4v) is 2.63. The molecule has 1 unspecified atom stereocenters. The third-order valence-electron chi connectivity index (χ3n) is 3.38. The van der Waals surface area contributed by atoms with Crippen molar-refractivity contribution < 1.29 is 0 Å². The van der Waals surface area contributed by atoms with Crippen molar-refractivity contribution in [3.63, 3.8) is 0 Å². The summed E-state index contributed by atoms with van der Waals surface area (Å²) in [6.07, 6.45) is 0.755. The van der Waals surface area contributed by atoms with Crippen LogP contribution >= 0.6 is 22.6 Å². The van der Waals surface area contributed by atoms with Gasteiger partial charge in [-0.3, -0.25) is 4.98 Å². The van der Waals surface area contributed by atoms with Gasteiger partial charge in [-0.05, 0) is 52.4 Å². The number of aromatic nitrogens is 1. The van der Waals surface area contributed by atoms with Crippen molar-refractivity contribution in [2.45, 2.75) is 12.5 Å². The van der Waals surface area contributed by atoms with E-state index in [2.05, 4.69) is 70.0 Å². The summed E-state index contributed by atoms with van der Waals surface area (Å²) in [4.78, 5) is 4.68. The second kappa shape index (κ2) is 5.89. The van der Waals surface area contributed by atoms with Crippen LogP contribution in [-0.4, -0.2) is 4.98 Å². The van der Waals surface area contributed by atoms with Crippen LogP contribution in [0, 0.1) is 3.57 Å². The van der Waals surface area contributed by atoms with E-state index in [0.717, 1.165) is 23.2 Å². The van der Waals surface area contributed by atoms with E-state index in [9.17, 15) is 0 Å². The maximum Gasteiger partial charge on any atom is 0.0705 e. The molecule has 0 bridgehead atoms.